The third kappa shape index (κ3) is 3.03. The molecule has 0 amide bonds. The number of hydrogen-bond acceptors (Lipinski definition) is 3. The molecule has 0 fully saturated rings. The molecule has 92 valence electrons. The summed E-state index contributed by atoms with van der Waals surface area (Å²) in [6, 6.07) is 1.92. The van der Waals surface area contributed by atoms with Crippen LogP contribution in [0.3, 0.4) is 0 Å². The van der Waals surface area contributed by atoms with Crippen LogP contribution in [0.1, 0.15) is 32.4 Å². The molecule has 2 rings (SSSR count). The first kappa shape index (κ1) is 12.0. The van der Waals surface area contributed by atoms with Gasteiger partial charge in [-0.1, -0.05) is 13.8 Å². The van der Waals surface area contributed by atoms with Crippen molar-refractivity contribution in [3.63, 3.8) is 0 Å². The van der Waals surface area contributed by atoms with E-state index in [9.17, 15) is 0 Å². The third-order valence-electron chi connectivity index (χ3n) is 2.75. The number of fused-ring (bicyclic) bond motifs is 1. The Labute approximate surface area is 102 Å². The average molecular weight is 232 g/mol. The Bertz CT molecular complexity index is 424. The Morgan fingerprint density at radius 2 is 2.00 bits per heavy atom. The molecule has 0 aliphatic rings. The molecule has 0 atom stereocenters. The quantitative estimate of drug-likeness (QED) is 0.766. The fourth-order valence-electron chi connectivity index (χ4n) is 2.09. The summed E-state index contributed by atoms with van der Waals surface area (Å²) in [4.78, 5) is 11.2. The minimum atomic E-state index is 0.787. The first-order valence-corrected chi connectivity index (χ1v) is 6.34. The lowest BCUT2D eigenvalue weighted by atomic mass is 10.3. The second-order valence-electron chi connectivity index (χ2n) is 4.34. The highest BCUT2D eigenvalue weighted by Gasteiger charge is 2.07. The van der Waals surface area contributed by atoms with Gasteiger partial charge in [0.2, 0.25) is 5.78 Å². The summed E-state index contributed by atoms with van der Waals surface area (Å²) < 4.78 is 1.98. The van der Waals surface area contributed by atoms with Crippen molar-refractivity contribution in [2.75, 3.05) is 13.1 Å². The molecule has 0 aromatic carbocycles. The molecule has 0 aliphatic heterocycles. The molecule has 17 heavy (non-hydrogen) atoms. The summed E-state index contributed by atoms with van der Waals surface area (Å²) in [5.41, 5.74) is 1.10. The van der Waals surface area contributed by atoms with E-state index in [1.807, 2.05) is 16.7 Å². The van der Waals surface area contributed by atoms with Crippen LogP contribution < -0.4 is 0 Å². The van der Waals surface area contributed by atoms with Crippen molar-refractivity contribution in [2.24, 2.45) is 0 Å². The summed E-state index contributed by atoms with van der Waals surface area (Å²) in [7, 11) is 0. The van der Waals surface area contributed by atoms with Crippen LogP contribution in [0.25, 0.3) is 5.78 Å². The van der Waals surface area contributed by atoms with Crippen LogP contribution in [-0.4, -0.2) is 32.4 Å². The van der Waals surface area contributed by atoms with Crippen LogP contribution in [0, 0.1) is 0 Å². The molecule has 0 unspecified atom stereocenters. The van der Waals surface area contributed by atoms with Gasteiger partial charge in [0.1, 0.15) is 0 Å². The first-order valence-electron chi connectivity index (χ1n) is 6.34. The number of imidazole rings is 1. The van der Waals surface area contributed by atoms with E-state index in [4.69, 9.17) is 0 Å². The van der Waals surface area contributed by atoms with Gasteiger partial charge in [0.25, 0.3) is 0 Å². The second-order valence-corrected chi connectivity index (χ2v) is 4.34. The number of rotatable bonds is 6. The van der Waals surface area contributed by atoms with Gasteiger partial charge in [-0.05, 0) is 32.0 Å². The van der Waals surface area contributed by atoms with Crippen molar-refractivity contribution in [2.45, 2.75) is 33.2 Å². The topological polar surface area (TPSA) is 33.4 Å². The fraction of sp³-hybridized carbons (Fsp3) is 0.538. The third-order valence-corrected chi connectivity index (χ3v) is 2.75. The minimum Gasteiger partial charge on any atom is -0.297 e. The summed E-state index contributed by atoms with van der Waals surface area (Å²) >= 11 is 0. The molecule has 0 saturated carbocycles. The number of hydrogen-bond donors (Lipinski definition) is 0. The Balaban J connectivity index is 2.10. The van der Waals surface area contributed by atoms with E-state index in [2.05, 4.69) is 34.9 Å². The van der Waals surface area contributed by atoms with Gasteiger partial charge in [0, 0.05) is 25.1 Å². The highest BCUT2D eigenvalue weighted by atomic mass is 15.1. The molecule has 2 aromatic heterocycles. The first-order chi connectivity index (χ1) is 8.33. The minimum absolute atomic E-state index is 0.787. The molecule has 0 bridgehead atoms. The van der Waals surface area contributed by atoms with E-state index in [0.29, 0.717) is 0 Å². The summed E-state index contributed by atoms with van der Waals surface area (Å²) in [6.45, 7) is 7.62. The van der Waals surface area contributed by atoms with Crippen molar-refractivity contribution in [1.82, 2.24) is 19.3 Å². The van der Waals surface area contributed by atoms with Gasteiger partial charge in [0.15, 0.2) is 0 Å². The van der Waals surface area contributed by atoms with Crippen LogP contribution >= 0.6 is 0 Å². The average Bonchev–Trinajstić information content (AvgIpc) is 2.71. The zero-order valence-electron chi connectivity index (χ0n) is 10.6. The van der Waals surface area contributed by atoms with Gasteiger partial charge >= 0.3 is 0 Å². The number of nitrogens with zero attached hydrogens (tertiary/aromatic N) is 4. The number of aromatic nitrogens is 3. The van der Waals surface area contributed by atoms with Crippen molar-refractivity contribution in [3.05, 3.63) is 30.4 Å². The maximum atomic E-state index is 4.53. The largest absolute Gasteiger partial charge is 0.297 e. The predicted molar refractivity (Wildman–Crippen MR) is 68.8 cm³/mol. The van der Waals surface area contributed by atoms with Crippen molar-refractivity contribution >= 4 is 5.78 Å². The standard InChI is InChI=1S/C13H20N4/c1-3-7-16(8-4-2)10-12-11-17-9-5-6-14-13(17)15-12/h5-6,9,11H,3-4,7-8,10H2,1-2H3. The van der Waals surface area contributed by atoms with Crippen molar-refractivity contribution in [3.8, 4) is 0 Å². The van der Waals surface area contributed by atoms with E-state index < -0.39 is 0 Å². The van der Waals surface area contributed by atoms with Gasteiger partial charge in [0.05, 0.1) is 5.69 Å². The van der Waals surface area contributed by atoms with Gasteiger partial charge < -0.3 is 0 Å². The lowest BCUT2D eigenvalue weighted by Gasteiger charge is -2.19. The summed E-state index contributed by atoms with van der Waals surface area (Å²) in [6.07, 6.45) is 8.21. The van der Waals surface area contributed by atoms with Gasteiger partial charge in [-0.2, -0.15) is 0 Å². The Morgan fingerprint density at radius 1 is 1.24 bits per heavy atom. The predicted octanol–water partition coefficient (Wildman–Crippen LogP) is 2.35. The molecule has 0 radical (unpaired) electrons. The molecule has 0 N–H and O–H groups in total. The molecule has 4 heteroatoms. The van der Waals surface area contributed by atoms with E-state index in [1.165, 1.54) is 12.8 Å². The van der Waals surface area contributed by atoms with E-state index >= 15 is 0 Å². The van der Waals surface area contributed by atoms with Gasteiger partial charge in [-0.3, -0.25) is 9.30 Å². The van der Waals surface area contributed by atoms with Gasteiger partial charge in [-0.15, -0.1) is 0 Å². The van der Waals surface area contributed by atoms with E-state index in [-0.39, 0.29) is 0 Å². The van der Waals surface area contributed by atoms with E-state index in [0.717, 1.165) is 31.1 Å². The van der Waals surface area contributed by atoms with Crippen molar-refractivity contribution < 1.29 is 0 Å². The molecule has 0 spiro atoms. The molecule has 4 nitrogen and oxygen atoms in total. The molecular formula is C13H20N4. The smallest absolute Gasteiger partial charge is 0.233 e. The molecule has 2 aromatic rings. The van der Waals surface area contributed by atoms with Crippen molar-refractivity contribution in [1.29, 1.82) is 0 Å². The molecule has 0 saturated heterocycles. The Morgan fingerprint density at radius 3 is 2.65 bits per heavy atom. The maximum absolute atomic E-state index is 4.53. The van der Waals surface area contributed by atoms with Crippen LogP contribution in [-0.2, 0) is 6.54 Å². The summed E-state index contributed by atoms with van der Waals surface area (Å²) in [5.74, 6) is 0.787. The normalized spacial score (nSPS) is 11.5. The summed E-state index contributed by atoms with van der Waals surface area (Å²) in [5, 5.41) is 0. The lowest BCUT2D eigenvalue weighted by Crippen LogP contribution is -2.25. The second kappa shape index (κ2) is 5.77. The fourth-order valence-corrected chi connectivity index (χ4v) is 2.09. The van der Waals surface area contributed by atoms with E-state index in [1.54, 1.807) is 6.20 Å². The molecule has 2 heterocycles. The van der Waals surface area contributed by atoms with Crippen LogP contribution in [0.15, 0.2) is 24.7 Å². The lowest BCUT2D eigenvalue weighted by molar-refractivity contribution is 0.264. The highest BCUT2D eigenvalue weighted by Crippen LogP contribution is 2.06. The Hall–Kier alpha value is -1.42. The maximum Gasteiger partial charge on any atom is 0.233 e. The zero-order chi connectivity index (χ0) is 12.1. The highest BCUT2D eigenvalue weighted by molar-refractivity contribution is 5.29. The van der Waals surface area contributed by atoms with Gasteiger partial charge in [-0.25, -0.2) is 9.97 Å². The molecule has 0 aliphatic carbocycles. The zero-order valence-corrected chi connectivity index (χ0v) is 10.6. The monoisotopic (exact) mass is 232 g/mol. The Kier molecular flexibility index (Phi) is 4.09. The van der Waals surface area contributed by atoms with Crippen LogP contribution in [0.2, 0.25) is 0 Å². The van der Waals surface area contributed by atoms with Crippen LogP contribution in [0.4, 0.5) is 0 Å². The SMILES string of the molecule is CCCN(CCC)Cc1cn2cccnc2n1. The van der Waals surface area contributed by atoms with Crippen LogP contribution in [0.5, 0.6) is 0 Å². The molecular weight excluding hydrogens is 212 g/mol.